The molecular formula is C8H11NO. The number of hydrogen-bond acceptors (Lipinski definition) is 2. The largest absolute Gasteiger partial charge is 0.302 e. The zero-order chi connectivity index (χ0) is 7.45. The van der Waals surface area contributed by atoms with Crippen molar-refractivity contribution >= 4 is 6.29 Å². The van der Waals surface area contributed by atoms with Crippen molar-refractivity contribution in [1.29, 1.82) is 5.26 Å². The van der Waals surface area contributed by atoms with Crippen LogP contribution < -0.4 is 0 Å². The molecule has 0 saturated heterocycles. The van der Waals surface area contributed by atoms with Gasteiger partial charge in [-0.3, -0.25) is 0 Å². The Morgan fingerprint density at radius 1 is 1.30 bits per heavy atom. The van der Waals surface area contributed by atoms with Crippen molar-refractivity contribution in [3.05, 3.63) is 0 Å². The molecule has 0 bridgehead atoms. The van der Waals surface area contributed by atoms with Crippen molar-refractivity contribution in [3.63, 3.8) is 0 Å². The summed E-state index contributed by atoms with van der Waals surface area (Å²) in [5.74, 6) is 0. The smallest absolute Gasteiger partial charge is 0.140 e. The molecule has 0 radical (unpaired) electrons. The number of rotatable bonds is 1. The van der Waals surface area contributed by atoms with Crippen LogP contribution in [0.1, 0.15) is 32.1 Å². The topological polar surface area (TPSA) is 40.9 Å². The summed E-state index contributed by atoms with van der Waals surface area (Å²) in [6, 6.07) is 2.10. The van der Waals surface area contributed by atoms with Crippen molar-refractivity contribution < 1.29 is 4.79 Å². The lowest BCUT2D eigenvalue weighted by atomic mass is 9.77. The summed E-state index contributed by atoms with van der Waals surface area (Å²) >= 11 is 0. The van der Waals surface area contributed by atoms with Gasteiger partial charge in [0.25, 0.3) is 0 Å². The molecule has 1 aliphatic carbocycles. The van der Waals surface area contributed by atoms with Crippen molar-refractivity contribution in [2.45, 2.75) is 32.1 Å². The van der Waals surface area contributed by atoms with E-state index < -0.39 is 5.41 Å². The van der Waals surface area contributed by atoms with Gasteiger partial charge in [0.2, 0.25) is 0 Å². The van der Waals surface area contributed by atoms with Gasteiger partial charge in [-0.05, 0) is 12.8 Å². The molecule has 1 aliphatic rings. The minimum absolute atomic E-state index is 0.613. The average molecular weight is 137 g/mol. The van der Waals surface area contributed by atoms with Crippen LogP contribution in [0.5, 0.6) is 0 Å². The monoisotopic (exact) mass is 137 g/mol. The highest BCUT2D eigenvalue weighted by molar-refractivity contribution is 5.63. The number of carbonyl (C=O) groups is 1. The van der Waals surface area contributed by atoms with Crippen molar-refractivity contribution in [3.8, 4) is 6.07 Å². The molecule has 0 heterocycles. The van der Waals surface area contributed by atoms with Crippen LogP contribution in [-0.4, -0.2) is 6.29 Å². The minimum Gasteiger partial charge on any atom is -0.302 e. The molecule has 0 unspecified atom stereocenters. The Hall–Kier alpha value is -0.840. The highest BCUT2D eigenvalue weighted by Crippen LogP contribution is 2.33. The van der Waals surface area contributed by atoms with Crippen LogP contribution in [0.25, 0.3) is 0 Å². The normalized spacial score (nSPS) is 23.1. The van der Waals surface area contributed by atoms with Gasteiger partial charge in [0, 0.05) is 0 Å². The van der Waals surface area contributed by atoms with Crippen LogP contribution in [0, 0.1) is 16.7 Å². The van der Waals surface area contributed by atoms with E-state index in [1.165, 1.54) is 6.42 Å². The molecule has 54 valence electrons. The van der Waals surface area contributed by atoms with E-state index in [2.05, 4.69) is 6.07 Å². The zero-order valence-corrected chi connectivity index (χ0v) is 5.97. The Kier molecular flexibility index (Phi) is 2.06. The molecule has 0 aromatic carbocycles. The van der Waals surface area contributed by atoms with E-state index >= 15 is 0 Å². The minimum atomic E-state index is -0.613. The lowest BCUT2D eigenvalue weighted by molar-refractivity contribution is -0.114. The Balaban J connectivity index is 2.63. The predicted octanol–water partition coefficient (Wildman–Crippen LogP) is 1.66. The van der Waals surface area contributed by atoms with Gasteiger partial charge in [0.15, 0.2) is 0 Å². The lowest BCUT2D eigenvalue weighted by Crippen LogP contribution is -2.23. The molecule has 0 N–H and O–H groups in total. The van der Waals surface area contributed by atoms with E-state index in [1.807, 2.05) is 0 Å². The van der Waals surface area contributed by atoms with Crippen LogP contribution >= 0.6 is 0 Å². The van der Waals surface area contributed by atoms with Gasteiger partial charge in [0.05, 0.1) is 6.07 Å². The molecule has 0 atom stereocenters. The summed E-state index contributed by atoms with van der Waals surface area (Å²) in [6.45, 7) is 0. The second kappa shape index (κ2) is 2.83. The van der Waals surface area contributed by atoms with Crippen molar-refractivity contribution in [1.82, 2.24) is 0 Å². The van der Waals surface area contributed by atoms with E-state index in [0.29, 0.717) is 0 Å². The number of hydrogen-bond donors (Lipinski definition) is 0. The zero-order valence-electron chi connectivity index (χ0n) is 5.97. The Morgan fingerprint density at radius 2 is 1.90 bits per heavy atom. The van der Waals surface area contributed by atoms with Crippen molar-refractivity contribution in [2.75, 3.05) is 0 Å². The third-order valence-corrected chi connectivity index (χ3v) is 2.19. The number of nitriles is 1. The fraction of sp³-hybridized carbons (Fsp3) is 0.750. The summed E-state index contributed by atoms with van der Waals surface area (Å²) in [5.41, 5.74) is -0.613. The van der Waals surface area contributed by atoms with Gasteiger partial charge in [-0.15, -0.1) is 0 Å². The van der Waals surface area contributed by atoms with E-state index in [-0.39, 0.29) is 0 Å². The quantitative estimate of drug-likeness (QED) is 0.516. The summed E-state index contributed by atoms with van der Waals surface area (Å²) in [4.78, 5) is 10.5. The molecule has 10 heavy (non-hydrogen) atoms. The Labute approximate surface area is 60.8 Å². The summed E-state index contributed by atoms with van der Waals surface area (Å²) < 4.78 is 0. The van der Waals surface area contributed by atoms with Crippen LogP contribution in [-0.2, 0) is 4.79 Å². The maximum atomic E-state index is 10.5. The standard InChI is InChI=1S/C8H11NO/c9-6-8(7-10)4-2-1-3-5-8/h7H,1-5H2. The van der Waals surface area contributed by atoms with E-state index in [1.54, 1.807) is 0 Å². The van der Waals surface area contributed by atoms with Crippen LogP contribution in [0.4, 0.5) is 0 Å². The molecule has 1 saturated carbocycles. The summed E-state index contributed by atoms with van der Waals surface area (Å²) in [6.07, 6.45) is 5.61. The average Bonchev–Trinajstić information content (AvgIpc) is 2.06. The molecule has 2 heteroatoms. The van der Waals surface area contributed by atoms with Gasteiger partial charge in [-0.2, -0.15) is 5.26 Å². The first-order valence-corrected chi connectivity index (χ1v) is 3.71. The molecular weight excluding hydrogens is 126 g/mol. The molecule has 0 aliphatic heterocycles. The van der Waals surface area contributed by atoms with Gasteiger partial charge in [-0.25, -0.2) is 0 Å². The molecule has 0 spiro atoms. The van der Waals surface area contributed by atoms with E-state index in [4.69, 9.17) is 5.26 Å². The first-order valence-electron chi connectivity index (χ1n) is 3.71. The predicted molar refractivity (Wildman–Crippen MR) is 37.2 cm³/mol. The summed E-state index contributed by atoms with van der Waals surface area (Å²) in [7, 11) is 0. The van der Waals surface area contributed by atoms with E-state index in [9.17, 15) is 4.79 Å². The third-order valence-electron chi connectivity index (χ3n) is 2.19. The first kappa shape index (κ1) is 7.27. The maximum Gasteiger partial charge on any atom is 0.140 e. The van der Waals surface area contributed by atoms with Crippen LogP contribution in [0.2, 0.25) is 0 Å². The molecule has 0 aromatic rings. The lowest BCUT2D eigenvalue weighted by Gasteiger charge is -2.23. The van der Waals surface area contributed by atoms with Crippen molar-refractivity contribution in [2.24, 2.45) is 5.41 Å². The molecule has 1 fully saturated rings. The van der Waals surface area contributed by atoms with Gasteiger partial charge < -0.3 is 4.79 Å². The molecule has 0 amide bonds. The van der Waals surface area contributed by atoms with Crippen LogP contribution in [0.3, 0.4) is 0 Å². The summed E-state index contributed by atoms with van der Waals surface area (Å²) in [5, 5.41) is 8.66. The molecule has 0 aromatic heterocycles. The SMILES string of the molecule is N#CC1(C=O)CCCCC1. The fourth-order valence-corrected chi connectivity index (χ4v) is 1.44. The maximum absolute atomic E-state index is 10.5. The number of nitrogens with zero attached hydrogens (tertiary/aromatic N) is 1. The number of aldehydes is 1. The van der Waals surface area contributed by atoms with Gasteiger partial charge in [0.1, 0.15) is 11.7 Å². The number of carbonyl (C=O) groups excluding carboxylic acids is 1. The highest BCUT2D eigenvalue weighted by atomic mass is 16.1. The second-order valence-electron chi connectivity index (χ2n) is 2.95. The van der Waals surface area contributed by atoms with E-state index in [0.717, 1.165) is 32.0 Å². The third kappa shape index (κ3) is 1.18. The van der Waals surface area contributed by atoms with Gasteiger partial charge >= 0.3 is 0 Å². The molecule has 1 rings (SSSR count). The second-order valence-corrected chi connectivity index (χ2v) is 2.95. The highest BCUT2D eigenvalue weighted by Gasteiger charge is 2.31. The first-order chi connectivity index (χ1) is 4.83. The Bertz CT molecular complexity index is 163. The van der Waals surface area contributed by atoms with Gasteiger partial charge in [-0.1, -0.05) is 19.3 Å². The van der Waals surface area contributed by atoms with Crippen LogP contribution in [0.15, 0.2) is 0 Å². The Morgan fingerprint density at radius 3 is 2.20 bits per heavy atom. The fourth-order valence-electron chi connectivity index (χ4n) is 1.44. The molecule has 2 nitrogen and oxygen atoms in total.